The first kappa shape index (κ1) is 36.4. The Morgan fingerprint density at radius 1 is 0.816 bits per heavy atom. The number of amides is 3. The number of nitrogens with two attached hydrogens (primary N) is 1. The maximum absolute atomic E-state index is 13.6. The summed E-state index contributed by atoms with van der Waals surface area (Å²) in [5.74, 6) is -5.80. The smallest absolute Gasteiger partial charge is 0.289 e. The molecule has 0 saturated heterocycles. The largest absolute Gasteiger partial charge is 0.369 e. The molecule has 0 radical (unpaired) electrons. The van der Waals surface area contributed by atoms with Gasteiger partial charge in [0, 0.05) is 43.5 Å². The zero-order valence-corrected chi connectivity index (χ0v) is 27.8. The fourth-order valence-electron chi connectivity index (χ4n) is 5.74. The molecule has 49 heavy (non-hydrogen) atoms. The predicted molar refractivity (Wildman–Crippen MR) is 185 cm³/mol. The Balaban J connectivity index is 1.37. The van der Waals surface area contributed by atoms with Crippen molar-refractivity contribution in [3.63, 3.8) is 0 Å². The number of aromatic nitrogens is 2. The molecule has 4 aromatic rings. The molecule has 3 aromatic carbocycles. The second kappa shape index (κ2) is 17.6. The van der Waals surface area contributed by atoms with Gasteiger partial charge in [-0.1, -0.05) is 93.1 Å². The van der Waals surface area contributed by atoms with Crippen molar-refractivity contribution in [3.8, 4) is 0 Å². The summed E-state index contributed by atoms with van der Waals surface area (Å²) in [5.41, 5.74) is 7.93. The molecule has 1 heterocycles. The van der Waals surface area contributed by atoms with Gasteiger partial charge in [-0.15, -0.1) is 0 Å². The minimum Gasteiger partial charge on any atom is -0.369 e. The number of carbonyl (C=O) groups excluding carboxylic acids is 6. The van der Waals surface area contributed by atoms with E-state index < -0.39 is 59.6 Å². The highest BCUT2D eigenvalue weighted by atomic mass is 16.2. The number of fused-ring (bicyclic) bond motifs is 1. The first-order chi connectivity index (χ1) is 23.5. The van der Waals surface area contributed by atoms with Crippen LogP contribution in [0.15, 0.2) is 85.3 Å². The Kier molecular flexibility index (Phi) is 13.1. The number of imidazole rings is 1. The first-order valence-electron chi connectivity index (χ1n) is 16.5. The van der Waals surface area contributed by atoms with E-state index >= 15 is 0 Å². The number of hydrogen-bond acceptors (Lipinski definition) is 7. The zero-order valence-electron chi connectivity index (χ0n) is 27.8. The molecule has 4 unspecified atom stereocenters. The summed E-state index contributed by atoms with van der Waals surface area (Å²) in [7, 11) is 0. The number of hydrogen-bond donors (Lipinski definition) is 4. The summed E-state index contributed by atoms with van der Waals surface area (Å²) >= 11 is 0. The molecular formula is C38H43N5O6. The van der Waals surface area contributed by atoms with E-state index in [1.165, 1.54) is 6.33 Å². The zero-order chi connectivity index (χ0) is 35.3. The van der Waals surface area contributed by atoms with Crippen molar-refractivity contribution in [3.05, 3.63) is 102 Å². The fourth-order valence-corrected chi connectivity index (χ4v) is 5.74. The molecule has 0 spiro atoms. The monoisotopic (exact) mass is 665 g/mol. The molecule has 0 bridgehead atoms. The van der Waals surface area contributed by atoms with Crippen molar-refractivity contribution >= 4 is 45.8 Å². The van der Waals surface area contributed by atoms with Gasteiger partial charge < -0.3 is 21.4 Å². The Morgan fingerprint density at radius 3 is 2.18 bits per heavy atom. The lowest BCUT2D eigenvalue weighted by Gasteiger charge is -2.25. The molecule has 0 fully saturated rings. The maximum Gasteiger partial charge on any atom is 0.289 e. The number of nitrogens with zero attached hydrogens (tertiary/aromatic N) is 1. The van der Waals surface area contributed by atoms with Crippen molar-refractivity contribution in [2.45, 2.75) is 58.4 Å². The number of nitrogens with one attached hydrogen (secondary N) is 3. The van der Waals surface area contributed by atoms with Crippen LogP contribution < -0.4 is 16.4 Å². The van der Waals surface area contributed by atoms with Gasteiger partial charge in [-0.25, -0.2) is 4.98 Å². The van der Waals surface area contributed by atoms with E-state index in [9.17, 15) is 28.8 Å². The Bertz CT molecular complexity index is 1770. The number of aromatic amines is 1. The van der Waals surface area contributed by atoms with Gasteiger partial charge in [-0.05, 0) is 34.2 Å². The van der Waals surface area contributed by atoms with Crippen molar-refractivity contribution in [1.29, 1.82) is 0 Å². The highest BCUT2D eigenvalue weighted by molar-refractivity contribution is 6.38. The normalized spacial score (nSPS) is 13.5. The van der Waals surface area contributed by atoms with Crippen molar-refractivity contribution in [1.82, 2.24) is 20.6 Å². The molecule has 0 saturated carbocycles. The lowest BCUT2D eigenvalue weighted by molar-refractivity contribution is -0.142. The van der Waals surface area contributed by atoms with E-state index in [2.05, 4.69) is 20.6 Å². The van der Waals surface area contributed by atoms with Gasteiger partial charge in [0.15, 0.2) is 5.78 Å². The summed E-state index contributed by atoms with van der Waals surface area (Å²) in [4.78, 5) is 85.0. The van der Waals surface area contributed by atoms with Gasteiger partial charge in [-0.3, -0.25) is 28.8 Å². The Morgan fingerprint density at radius 2 is 1.51 bits per heavy atom. The summed E-state index contributed by atoms with van der Waals surface area (Å²) in [6, 6.07) is 21.5. The van der Waals surface area contributed by atoms with E-state index in [-0.39, 0.29) is 37.9 Å². The summed E-state index contributed by atoms with van der Waals surface area (Å²) < 4.78 is 0. The molecule has 0 aliphatic rings. The van der Waals surface area contributed by atoms with Gasteiger partial charge in [0.05, 0.1) is 24.8 Å². The minimum atomic E-state index is -1.19. The molecule has 256 valence electrons. The van der Waals surface area contributed by atoms with Crippen LogP contribution in [0.3, 0.4) is 0 Å². The molecule has 11 nitrogen and oxygen atoms in total. The van der Waals surface area contributed by atoms with Crippen LogP contribution in [0.25, 0.3) is 10.8 Å². The predicted octanol–water partition coefficient (Wildman–Crippen LogP) is 3.44. The molecule has 0 aliphatic carbocycles. The fraction of sp³-hybridized carbons (Fsp3) is 0.342. The average molecular weight is 666 g/mol. The van der Waals surface area contributed by atoms with Crippen LogP contribution >= 0.6 is 0 Å². The van der Waals surface area contributed by atoms with Crippen LogP contribution in [0.4, 0.5) is 0 Å². The van der Waals surface area contributed by atoms with E-state index in [0.717, 1.165) is 21.9 Å². The SMILES string of the molecule is CCC(C)C(NC(=O)C(CC(=O)Cc1ccccc1)Cc1cnc[nH]1)C(=O)C(=O)NCC(=O)CC(Cc1ccc2ccccc2c1)C(N)=O. The number of rotatable bonds is 19. The molecule has 4 atom stereocenters. The second-order valence-corrected chi connectivity index (χ2v) is 12.5. The van der Waals surface area contributed by atoms with Gasteiger partial charge in [0.25, 0.3) is 5.91 Å². The minimum absolute atomic E-state index is 0.0813. The number of carbonyl (C=O) groups is 6. The van der Waals surface area contributed by atoms with Crippen LogP contribution in [0.2, 0.25) is 0 Å². The van der Waals surface area contributed by atoms with Crippen LogP contribution in [0, 0.1) is 17.8 Å². The van der Waals surface area contributed by atoms with Crippen molar-refractivity contribution < 1.29 is 28.8 Å². The van der Waals surface area contributed by atoms with Crippen molar-refractivity contribution in [2.24, 2.45) is 23.5 Å². The highest BCUT2D eigenvalue weighted by Gasteiger charge is 2.34. The van der Waals surface area contributed by atoms with E-state index in [1.807, 2.05) is 79.7 Å². The Hall–Kier alpha value is -5.45. The molecular weight excluding hydrogens is 622 g/mol. The van der Waals surface area contributed by atoms with Crippen molar-refractivity contribution in [2.75, 3.05) is 6.54 Å². The van der Waals surface area contributed by atoms with Gasteiger partial charge in [0.2, 0.25) is 17.6 Å². The Labute approximate surface area is 285 Å². The third kappa shape index (κ3) is 10.8. The van der Waals surface area contributed by atoms with Gasteiger partial charge in [0.1, 0.15) is 5.78 Å². The van der Waals surface area contributed by atoms with Crippen LogP contribution in [0.5, 0.6) is 0 Å². The number of ketones is 3. The summed E-state index contributed by atoms with van der Waals surface area (Å²) in [6.45, 7) is 3.07. The van der Waals surface area contributed by atoms with E-state index in [4.69, 9.17) is 5.73 Å². The van der Waals surface area contributed by atoms with Crippen LogP contribution in [-0.4, -0.2) is 57.6 Å². The first-order valence-corrected chi connectivity index (χ1v) is 16.5. The lowest BCUT2D eigenvalue weighted by Crippen LogP contribution is -2.52. The molecule has 1 aromatic heterocycles. The van der Waals surface area contributed by atoms with Crippen LogP contribution in [-0.2, 0) is 48.0 Å². The molecule has 3 amide bonds. The maximum atomic E-state index is 13.6. The molecule has 0 aliphatic heterocycles. The quantitative estimate of drug-likeness (QED) is 0.111. The number of Topliss-reactive ketones (excluding diaryl/α,β-unsaturated/α-hetero) is 3. The lowest BCUT2D eigenvalue weighted by atomic mass is 9.90. The highest BCUT2D eigenvalue weighted by Crippen LogP contribution is 2.20. The molecule has 11 heteroatoms. The number of H-pyrrole nitrogens is 1. The molecule has 4 rings (SSSR count). The number of benzene rings is 3. The second-order valence-electron chi connectivity index (χ2n) is 12.5. The van der Waals surface area contributed by atoms with E-state index in [0.29, 0.717) is 12.1 Å². The standard InChI is InChI=1S/C38H43N5O6/c1-3-24(2)34(43-37(48)30(18-31-21-40-23-42-31)20-32(44)17-25-9-5-4-6-10-25)35(46)38(49)41-22-33(45)19-29(36(39)47)16-26-13-14-27-11-7-8-12-28(27)15-26/h4-15,21,23-24,29-30,34H,3,16-20,22H2,1-2H3,(H2,39,47)(H,40,42)(H,41,49)(H,43,48). The van der Waals surface area contributed by atoms with E-state index in [1.54, 1.807) is 13.1 Å². The average Bonchev–Trinajstić information content (AvgIpc) is 3.61. The third-order valence-electron chi connectivity index (χ3n) is 8.75. The molecule has 5 N–H and O–H groups in total. The summed E-state index contributed by atoms with van der Waals surface area (Å²) in [5, 5.41) is 7.13. The summed E-state index contributed by atoms with van der Waals surface area (Å²) in [6.07, 6.45) is 3.78. The van der Waals surface area contributed by atoms with Gasteiger partial charge in [-0.2, -0.15) is 0 Å². The van der Waals surface area contributed by atoms with Gasteiger partial charge >= 0.3 is 0 Å². The topological polar surface area (TPSA) is 181 Å². The third-order valence-corrected chi connectivity index (χ3v) is 8.75. The van der Waals surface area contributed by atoms with Crippen LogP contribution in [0.1, 0.15) is 49.9 Å². The number of primary amides is 1.